The standard InChI is InChI=1S/C61H106O6/c1-4-7-10-13-16-19-22-24-26-28-29-30-31-33-35-37-40-42-45-48-51-54-60(63)66-57-58(67-61(64)55-52-49-46-43-38-21-18-15-12-9-6-3)56-65-59(62)53-50-47-44-41-39-36-34-32-27-25-23-20-17-14-11-8-5-2/h8,11,17,20,24-27,34,36,41,44,58H,4-7,9-10,12-16,18-19,21-23,28-33,35,37-40,42-43,45-57H2,1-3H3/b11-8-,20-17-,26-24-,27-25-,36-34-,44-41-/t58-/m1/s1. The van der Waals surface area contributed by atoms with Crippen LogP contribution in [0.1, 0.15) is 278 Å². The average molecular weight is 936 g/mol. The van der Waals surface area contributed by atoms with E-state index in [4.69, 9.17) is 14.2 Å². The van der Waals surface area contributed by atoms with Gasteiger partial charge in [-0.2, -0.15) is 0 Å². The van der Waals surface area contributed by atoms with Crippen LogP contribution in [0, 0.1) is 0 Å². The fourth-order valence-corrected chi connectivity index (χ4v) is 7.94. The van der Waals surface area contributed by atoms with Gasteiger partial charge in [-0.25, -0.2) is 0 Å². The second-order valence-electron chi connectivity index (χ2n) is 18.8. The molecule has 0 unspecified atom stereocenters. The van der Waals surface area contributed by atoms with Gasteiger partial charge in [0.05, 0.1) is 0 Å². The first-order valence-electron chi connectivity index (χ1n) is 28.4. The number of allylic oxidation sites excluding steroid dienone is 12. The van der Waals surface area contributed by atoms with Crippen molar-refractivity contribution in [2.45, 2.75) is 284 Å². The molecular formula is C61H106O6. The Bertz CT molecular complexity index is 1260. The molecule has 0 aliphatic carbocycles. The van der Waals surface area contributed by atoms with Crippen LogP contribution in [0.15, 0.2) is 72.9 Å². The minimum absolute atomic E-state index is 0.0912. The molecule has 0 aromatic rings. The Hall–Kier alpha value is -3.15. The van der Waals surface area contributed by atoms with E-state index in [0.29, 0.717) is 19.3 Å². The van der Waals surface area contributed by atoms with E-state index >= 15 is 0 Å². The lowest BCUT2D eigenvalue weighted by molar-refractivity contribution is -0.167. The molecule has 0 N–H and O–H groups in total. The van der Waals surface area contributed by atoms with E-state index in [2.05, 4.69) is 93.7 Å². The summed E-state index contributed by atoms with van der Waals surface area (Å²) in [5, 5.41) is 0. The summed E-state index contributed by atoms with van der Waals surface area (Å²) in [4.78, 5) is 38.1. The Balaban J connectivity index is 4.35. The van der Waals surface area contributed by atoms with Crippen molar-refractivity contribution in [3.8, 4) is 0 Å². The summed E-state index contributed by atoms with van der Waals surface area (Å²) in [5.74, 6) is -0.946. The van der Waals surface area contributed by atoms with E-state index in [9.17, 15) is 14.4 Å². The number of carbonyl (C=O) groups is 3. The highest BCUT2D eigenvalue weighted by Crippen LogP contribution is 2.16. The monoisotopic (exact) mass is 935 g/mol. The van der Waals surface area contributed by atoms with Crippen molar-refractivity contribution in [1.29, 1.82) is 0 Å². The molecule has 67 heavy (non-hydrogen) atoms. The number of hydrogen-bond donors (Lipinski definition) is 0. The molecule has 0 saturated carbocycles. The Labute approximate surface area is 414 Å². The highest BCUT2D eigenvalue weighted by molar-refractivity contribution is 5.71. The molecule has 0 spiro atoms. The predicted molar refractivity (Wildman–Crippen MR) is 288 cm³/mol. The predicted octanol–water partition coefficient (Wildman–Crippen LogP) is 19.0. The van der Waals surface area contributed by atoms with Gasteiger partial charge in [-0.15, -0.1) is 0 Å². The van der Waals surface area contributed by atoms with E-state index in [0.717, 1.165) is 77.0 Å². The summed E-state index contributed by atoms with van der Waals surface area (Å²) < 4.78 is 16.8. The number of hydrogen-bond acceptors (Lipinski definition) is 6. The molecular weight excluding hydrogens is 829 g/mol. The lowest BCUT2D eigenvalue weighted by Crippen LogP contribution is -2.30. The SMILES string of the molecule is CC/C=C\C/C=C\C/C=C\C/C=C\C/C=C\CCCC(=O)OC[C@H](COC(=O)CCCCCCCCCCCCC/C=C\CCCCCCCC)OC(=O)CCCCCCCCCCCCC. The van der Waals surface area contributed by atoms with E-state index < -0.39 is 6.10 Å². The summed E-state index contributed by atoms with van der Waals surface area (Å²) >= 11 is 0. The molecule has 0 bridgehead atoms. The van der Waals surface area contributed by atoms with E-state index in [1.54, 1.807) is 0 Å². The zero-order valence-corrected chi connectivity index (χ0v) is 44.2. The number of rotatable bonds is 51. The molecule has 386 valence electrons. The highest BCUT2D eigenvalue weighted by atomic mass is 16.6. The minimum Gasteiger partial charge on any atom is -0.462 e. The normalized spacial score (nSPS) is 12.6. The van der Waals surface area contributed by atoms with Crippen molar-refractivity contribution in [2.75, 3.05) is 13.2 Å². The number of ether oxygens (including phenoxy) is 3. The summed E-state index contributed by atoms with van der Waals surface area (Å²) in [6.07, 6.45) is 70.5. The van der Waals surface area contributed by atoms with Gasteiger partial charge in [-0.3, -0.25) is 14.4 Å². The molecule has 0 aliphatic heterocycles. The number of unbranched alkanes of at least 4 members (excludes halogenated alkanes) is 28. The third-order valence-corrected chi connectivity index (χ3v) is 12.2. The van der Waals surface area contributed by atoms with Crippen molar-refractivity contribution < 1.29 is 28.6 Å². The molecule has 0 amide bonds. The number of carbonyl (C=O) groups excluding carboxylic acids is 3. The molecule has 0 heterocycles. The third kappa shape index (κ3) is 53.7. The van der Waals surface area contributed by atoms with Gasteiger partial charge < -0.3 is 14.2 Å². The topological polar surface area (TPSA) is 78.9 Å². The molecule has 0 aliphatic rings. The molecule has 0 aromatic carbocycles. The Morgan fingerprint density at radius 3 is 0.985 bits per heavy atom. The molecule has 0 saturated heterocycles. The Morgan fingerprint density at radius 1 is 0.313 bits per heavy atom. The van der Waals surface area contributed by atoms with Crippen LogP contribution in [0.2, 0.25) is 0 Å². The molecule has 6 nitrogen and oxygen atoms in total. The summed E-state index contributed by atoms with van der Waals surface area (Å²) in [5.41, 5.74) is 0. The maximum Gasteiger partial charge on any atom is 0.306 e. The lowest BCUT2D eigenvalue weighted by atomic mass is 10.0. The van der Waals surface area contributed by atoms with Crippen LogP contribution in [-0.2, 0) is 28.6 Å². The molecule has 0 aromatic heterocycles. The molecule has 6 heteroatoms. The van der Waals surface area contributed by atoms with E-state index in [-0.39, 0.29) is 37.5 Å². The molecule has 0 radical (unpaired) electrons. The van der Waals surface area contributed by atoms with E-state index in [1.807, 2.05) is 0 Å². The van der Waals surface area contributed by atoms with Crippen LogP contribution in [-0.4, -0.2) is 37.2 Å². The molecule has 0 rings (SSSR count). The van der Waals surface area contributed by atoms with Crippen LogP contribution in [0.25, 0.3) is 0 Å². The third-order valence-electron chi connectivity index (χ3n) is 12.2. The molecule has 0 fully saturated rings. The van der Waals surface area contributed by atoms with Crippen LogP contribution in [0.3, 0.4) is 0 Å². The fourth-order valence-electron chi connectivity index (χ4n) is 7.94. The van der Waals surface area contributed by atoms with Crippen LogP contribution in [0.4, 0.5) is 0 Å². The quantitative estimate of drug-likeness (QED) is 0.0262. The van der Waals surface area contributed by atoms with Crippen molar-refractivity contribution in [3.63, 3.8) is 0 Å². The van der Waals surface area contributed by atoms with Gasteiger partial charge in [0, 0.05) is 19.3 Å². The maximum atomic E-state index is 12.8. The van der Waals surface area contributed by atoms with Crippen molar-refractivity contribution in [3.05, 3.63) is 72.9 Å². The van der Waals surface area contributed by atoms with Crippen molar-refractivity contribution in [1.82, 2.24) is 0 Å². The first-order valence-corrected chi connectivity index (χ1v) is 28.4. The second kappa shape index (κ2) is 55.4. The van der Waals surface area contributed by atoms with Crippen molar-refractivity contribution in [2.24, 2.45) is 0 Å². The van der Waals surface area contributed by atoms with Gasteiger partial charge in [-0.05, 0) is 83.5 Å². The van der Waals surface area contributed by atoms with Gasteiger partial charge in [0.2, 0.25) is 0 Å². The lowest BCUT2D eigenvalue weighted by Gasteiger charge is -2.18. The zero-order valence-electron chi connectivity index (χ0n) is 44.2. The van der Waals surface area contributed by atoms with E-state index in [1.165, 1.54) is 154 Å². The van der Waals surface area contributed by atoms with Crippen LogP contribution >= 0.6 is 0 Å². The smallest absolute Gasteiger partial charge is 0.306 e. The largest absolute Gasteiger partial charge is 0.462 e. The zero-order chi connectivity index (χ0) is 48.6. The Morgan fingerprint density at radius 2 is 0.597 bits per heavy atom. The summed E-state index contributed by atoms with van der Waals surface area (Å²) in [7, 11) is 0. The fraction of sp³-hybridized carbons (Fsp3) is 0.754. The second-order valence-corrected chi connectivity index (χ2v) is 18.8. The van der Waals surface area contributed by atoms with Crippen molar-refractivity contribution >= 4 is 17.9 Å². The Kier molecular flexibility index (Phi) is 52.8. The average Bonchev–Trinajstić information content (AvgIpc) is 3.33. The number of esters is 3. The van der Waals surface area contributed by atoms with Gasteiger partial charge >= 0.3 is 17.9 Å². The van der Waals surface area contributed by atoms with Gasteiger partial charge in [0.25, 0.3) is 0 Å². The van der Waals surface area contributed by atoms with Gasteiger partial charge in [0.15, 0.2) is 6.10 Å². The molecule has 1 atom stereocenters. The minimum atomic E-state index is -0.796. The van der Waals surface area contributed by atoms with Crippen LogP contribution in [0.5, 0.6) is 0 Å². The highest BCUT2D eigenvalue weighted by Gasteiger charge is 2.19. The summed E-state index contributed by atoms with van der Waals surface area (Å²) in [6.45, 7) is 6.48. The van der Waals surface area contributed by atoms with Gasteiger partial charge in [0.1, 0.15) is 13.2 Å². The van der Waals surface area contributed by atoms with Crippen LogP contribution < -0.4 is 0 Å². The summed E-state index contributed by atoms with van der Waals surface area (Å²) in [6, 6.07) is 0. The first kappa shape index (κ1) is 63.8. The first-order chi connectivity index (χ1) is 33.0. The van der Waals surface area contributed by atoms with Gasteiger partial charge in [-0.1, -0.05) is 248 Å². The maximum absolute atomic E-state index is 12.8.